The van der Waals surface area contributed by atoms with Gasteiger partial charge in [0, 0.05) is 32.1 Å². The predicted molar refractivity (Wildman–Crippen MR) is 85.1 cm³/mol. The average Bonchev–Trinajstić information content (AvgIpc) is 2.74. The molecule has 0 atom stereocenters. The van der Waals surface area contributed by atoms with Crippen LogP contribution >= 0.6 is 11.6 Å². The number of halogens is 1. The molecule has 21 heavy (non-hydrogen) atoms. The molecular formula is C16H23ClN2O2. The fraction of sp³-hybridized carbons (Fsp3) is 0.562. The van der Waals surface area contributed by atoms with Crippen LogP contribution in [0, 0.1) is 0 Å². The minimum absolute atomic E-state index is 0.202. The second kappa shape index (κ2) is 8.25. The number of hydrogen-bond donors (Lipinski definition) is 0. The molecular weight excluding hydrogens is 288 g/mol. The van der Waals surface area contributed by atoms with Crippen LogP contribution in [0.2, 0.25) is 0 Å². The molecule has 0 saturated carbocycles. The van der Waals surface area contributed by atoms with Crippen molar-refractivity contribution in [2.24, 2.45) is 0 Å². The number of nitrogens with zero attached hydrogens (tertiary/aromatic N) is 2. The molecule has 1 amide bonds. The molecule has 2 rings (SSSR count). The number of benzene rings is 1. The summed E-state index contributed by atoms with van der Waals surface area (Å²) in [5.41, 5.74) is 1.03. The SMILES string of the molecule is COc1ccc(CC(=O)N2CCCN(CCCl)CC2)cc1. The number of carbonyl (C=O) groups excluding carboxylic acids is 1. The van der Waals surface area contributed by atoms with E-state index in [0.29, 0.717) is 12.3 Å². The van der Waals surface area contributed by atoms with Crippen LogP contribution in [0.1, 0.15) is 12.0 Å². The van der Waals surface area contributed by atoms with Crippen molar-refractivity contribution in [3.05, 3.63) is 29.8 Å². The molecule has 1 aromatic rings. The number of hydrogen-bond acceptors (Lipinski definition) is 3. The first-order valence-electron chi connectivity index (χ1n) is 7.42. The lowest BCUT2D eigenvalue weighted by Gasteiger charge is -2.21. The van der Waals surface area contributed by atoms with Gasteiger partial charge in [0.15, 0.2) is 0 Å². The van der Waals surface area contributed by atoms with Crippen molar-refractivity contribution in [2.75, 3.05) is 45.7 Å². The molecule has 1 aliphatic rings. The van der Waals surface area contributed by atoms with Gasteiger partial charge in [0.05, 0.1) is 13.5 Å². The Hall–Kier alpha value is -1.26. The van der Waals surface area contributed by atoms with Crippen LogP contribution in [0.5, 0.6) is 5.75 Å². The second-order valence-electron chi connectivity index (χ2n) is 5.29. The van der Waals surface area contributed by atoms with E-state index in [4.69, 9.17) is 16.3 Å². The molecule has 0 radical (unpaired) electrons. The lowest BCUT2D eigenvalue weighted by Crippen LogP contribution is -2.36. The molecule has 1 saturated heterocycles. The third kappa shape index (κ3) is 4.90. The molecule has 1 aromatic carbocycles. The van der Waals surface area contributed by atoms with Gasteiger partial charge in [-0.1, -0.05) is 12.1 Å². The highest BCUT2D eigenvalue weighted by Crippen LogP contribution is 2.13. The fourth-order valence-corrected chi connectivity index (χ4v) is 2.83. The Kier molecular flexibility index (Phi) is 6.33. The summed E-state index contributed by atoms with van der Waals surface area (Å²) >= 11 is 5.79. The van der Waals surface area contributed by atoms with Crippen molar-refractivity contribution >= 4 is 17.5 Å². The summed E-state index contributed by atoms with van der Waals surface area (Å²) in [4.78, 5) is 16.7. The molecule has 1 heterocycles. The molecule has 0 N–H and O–H groups in total. The van der Waals surface area contributed by atoms with E-state index in [1.165, 1.54) is 0 Å². The third-order valence-electron chi connectivity index (χ3n) is 3.86. The fourth-order valence-electron chi connectivity index (χ4n) is 2.59. The van der Waals surface area contributed by atoms with Gasteiger partial charge in [0.25, 0.3) is 0 Å². The largest absolute Gasteiger partial charge is 0.497 e. The average molecular weight is 311 g/mol. The van der Waals surface area contributed by atoms with Crippen LogP contribution < -0.4 is 4.74 Å². The van der Waals surface area contributed by atoms with Crippen molar-refractivity contribution in [3.8, 4) is 5.75 Å². The van der Waals surface area contributed by atoms with Gasteiger partial charge in [-0.15, -0.1) is 11.6 Å². The molecule has 116 valence electrons. The van der Waals surface area contributed by atoms with E-state index in [0.717, 1.165) is 50.5 Å². The number of ether oxygens (including phenoxy) is 1. The summed E-state index contributed by atoms with van der Waals surface area (Å²) in [6.45, 7) is 4.49. The van der Waals surface area contributed by atoms with Crippen LogP contribution in [0.25, 0.3) is 0 Å². The number of methoxy groups -OCH3 is 1. The third-order valence-corrected chi connectivity index (χ3v) is 4.03. The Balaban J connectivity index is 1.87. The summed E-state index contributed by atoms with van der Waals surface area (Å²) in [5.74, 6) is 1.67. The summed E-state index contributed by atoms with van der Waals surface area (Å²) in [5, 5.41) is 0. The van der Waals surface area contributed by atoms with E-state index < -0.39 is 0 Å². The van der Waals surface area contributed by atoms with Gasteiger partial charge in [-0.25, -0.2) is 0 Å². The van der Waals surface area contributed by atoms with E-state index in [1.54, 1.807) is 7.11 Å². The van der Waals surface area contributed by atoms with Crippen molar-refractivity contribution in [1.82, 2.24) is 9.80 Å². The van der Waals surface area contributed by atoms with Crippen molar-refractivity contribution in [2.45, 2.75) is 12.8 Å². The van der Waals surface area contributed by atoms with Crippen LogP contribution in [0.4, 0.5) is 0 Å². The standard InChI is InChI=1S/C16H23ClN2O2/c1-21-15-5-3-14(4-6-15)13-16(20)19-9-2-8-18(10-7-17)11-12-19/h3-6H,2,7-13H2,1H3. The first-order valence-corrected chi connectivity index (χ1v) is 7.95. The van der Waals surface area contributed by atoms with Crippen molar-refractivity contribution < 1.29 is 9.53 Å². The van der Waals surface area contributed by atoms with Gasteiger partial charge < -0.3 is 14.5 Å². The minimum Gasteiger partial charge on any atom is -0.497 e. The number of amides is 1. The van der Waals surface area contributed by atoms with Crippen LogP contribution in [-0.4, -0.2) is 61.4 Å². The molecule has 5 heteroatoms. The Labute approximate surface area is 131 Å². The zero-order valence-electron chi connectivity index (χ0n) is 12.6. The van der Waals surface area contributed by atoms with Gasteiger partial charge in [-0.05, 0) is 30.7 Å². The number of carbonyl (C=O) groups is 1. The first kappa shape index (κ1) is 16.1. The van der Waals surface area contributed by atoms with Crippen LogP contribution in [0.15, 0.2) is 24.3 Å². The van der Waals surface area contributed by atoms with Crippen molar-refractivity contribution in [1.29, 1.82) is 0 Å². The maximum absolute atomic E-state index is 12.4. The molecule has 0 spiro atoms. The lowest BCUT2D eigenvalue weighted by molar-refractivity contribution is -0.130. The summed E-state index contributed by atoms with van der Waals surface area (Å²) in [6.07, 6.45) is 1.48. The topological polar surface area (TPSA) is 32.8 Å². The smallest absolute Gasteiger partial charge is 0.227 e. The van der Waals surface area contributed by atoms with Crippen LogP contribution in [0.3, 0.4) is 0 Å². The van der Waals surface area contributed by atoms with Gasteiger partial charge >= 0.3 is 0 Å². The lowest BCUT2D eigenvalue weighted by atomic mass is 10.1. The highest BCUT2D eigenvalue weighted by atomic mass is 35.5. The Morgan fingerprint density at radius 2 is 1.95 bits per heavy atom. The molecule has 0 aromatic heterocycles. The Morgan fingerprint density at radius 1 is 1.19 bits per heavy atom. The first-order chi connectivity index (χ1) is 10.2. The molecule has 0 aliphatic carbocycles. The van der Waals surface area contributed by atoms with Crippen LogP contribution in [-0.2, 0) is 11.2 Å². The Bertz CT molecular complexity index is 450. The van der Waals surface area contributed by atoms with E-state index in [-0.39, 0.29) is 5.91 Å². The van der Waals surface area contributed by atoms with Gasteiger partial charge in [0.1, 0.15) is 5.75 Å². The molecule has 1 fully saturated rings. The van der Waals surface area contributed by atoms with Crippen molar-refractivity contribution in [3.63, 3.8) is 0 Å². The monoisotopic (exact) mass is 310 g/mol. The van der Waals surface area contributed by atoms with Gasteiger partial charge in [-0.2, -0.15) is 0 Å². The summed E-state index contributed by atoms with van der Waals surface area (Å²) < 4.78 is 5.13. The van der Waals surface area contributed by atoms with E-state index in [1.807, 2.05) is 29.2 Å². The number of rotatable bonds is 5. The van der Waals surface area contributed by atoms with E-state index in [2.05, 4.69) is 4.90 Å². The summed E-state index contributed by atoms with van der Waals surface area (Å²) in [6, 6.07) is 7.70. The van der Waals surface area contributed by atoms with E-state index >= 15 is 0 Å². The highest BCUT2D eigenvalue weighted by molar-refractivity contribution is 6.18. The van der Waals surface area contributed by atoms with E-state index in [9.17, 15) is 4.79 Å². The zero-order chi connectivity index (χ0) is 15.1. The molecule has 0 unspecified atom stereocenters. The molecule has 4 nitrogen and oxygen atoms in total. The highest BCUT2D eigenvalue weighted by Gasteiger charge is 2.18. The zero-order valence-corrected chi connectivity index (χ0v) is 13.3. The normalized spacial score (nSPS) is 16.6. The maximum atomic E-state index is 12.4. The molecule has 0 bridgehead atoms. The predicted octanol–water partition coefficient (Wildman–Crippen LogP) is 2.01. The Morgan fingerprint density at radius 3 is 2.62 bits per heavy atom. The summed E-state index contributed by atoms with van der Waals surface area (Å²) in [7, 11) is 1.64. The number of alkyl halides is 1. The quantitative estimate of drug-likeness (QED) is 0.780. The van der Waals surface area contributed by atoms with Gasteiger partial charge in [-0.3, -0.25) is 4.79 Å². The maximum Gasteiger partial charge on any atom is 0.227 e. The minimum atomic E-state index is 0.202. The molecule has 1 aliphatic heterocycles. The second-order valence-corrected chi connectivity index (χ2v) is 5.67. The van der Waals surface area contributed by atoms with Gasteiger partial charge in [0.2, 0.25) is 5.91 Å².